The molecule has 0 radical (unpaired) electrons. The van der Waals surface area contributed by atoms with Crippen molar-refractivity contribution < 1.29 is 22.5 Å². The van der Waals surface area contributed by atoms with Crippen LogP contribution in [-0.2, 0) is 6.18 Å². The molecular weight excluding hydrogens is 441 g/mol. The summed E-state index contributed by atoms with van der Waals surface area (Å²) in [6, 6.07) is 6.42. The van der Waals surface area contributed by atoms with Crippen LogP contribution in [0.25, 0.3) is 11.4 Å². The van der Waals surface area contributed by atoms with E-state index in [1.165, 1.54) is 18.3 Å². The Kier molecular flexibility index (Phi) is 4.66. The number of carbonyl (C=O) groups excluding carboxylic acids is 1. The van der Waals surface area contributed by atoms with Crippen molar-refractivity contribution >= 4 is 21.8 Å². The SMILES string of the molecule is O=C(c1cncc(Br)c1)N1CC(c2nc(-c3cccc(C(F)(F)F)c3)no2)C1. The van der Waals surface area contributed by atoms with Gasteiger partial charge < -0.3 is 9.42 Å². The third kappa shape index (κ3) is 3.64. The van der Waals surface area contributed by atoms with Crippen molar-refractivity contribution in [1.82, 2.24) is 20.0 Å². The number of rotatable bonds is 3. The second-order valence-corrected chi connectivity index (χ2v) is 7.25. The molecule has 28 heavy (non-hydrogen) atoms. The maximum atomic E-state index is 12.9. The lowest BCUT2D eigenvalue weighted by atomic mass is 9.99. The van der Waals surface area contributed by atoms with E-state index in [9.17, 15) is 18.0 Å². The van der Waals surface area contributed by atoms with Crippen molar-refractivity contribution in [2.24, 2.45) is 0 Å². The predicted octanol–water partition coefficient (Wildman–Crippen LogP) is 4.15. The van der Waals surface area contributed by atoms with Gasteiger partial charge in [0.05, 0.1) is 17.0 Å². The fourth-order valence-electron chi connectivity index (χ4n) is 2.86. The van der Waals surface area contributed by atoms with Crippen molar-refractivity contribution in [3.05, 3.63) is 64.2 Å². The molecule has 0 bridgehead atoms. The predicted molar refractivity (Wildman–Crippen MR) is 95.3 cm³/mol. The lowest BCUT2D eigenvalue weighted by molar-refractivity contribution is -0.137. The summed E-state index contributed by atoms with van der Waals surface area (Å²) in [7, 11) is 0. The number of alkyl halides is 3. The molecule has 1 aromatic carbocycles. The van der Waals surface area contributed by atoms with Gasteiger partial charge in [0.2, 0.25) is 11.7 Å². The second-order valence-electron chi connectivity index (χ2n) is 6.33. The van der Waals surface area contributed by atoms with Crippen LogP contribution in [0, 0.1) is 0 Å². The van der Waals surface area contributed by atoms with E-state index < -0.39 is 11.7 Å². The van der Waals surface area contributed by atoms with E-state index in [4.69, 9.17) is 4.52 Å². The van der Waals surface area contributed by atoms with Crippen molar-refractivity contribution in [2.75, 3.05) is 13.1 Å². The number of amides is 1. The van der Waals surface area contributed by atoms with E-state index in [1.807, 2.05) is 0 Å². The molecule has 3 aromatic rings. The molecule has 0 atom stereocenters. The topological polar surface area (TPSA) is 72.1 Å². The average Bonchev–Trinajstić information content (AvgIpc) is 3.09. The molecule has 144 valence electrons. The highest BCUT2D eigenvalue weighted by atomic mass is 79.9. The summed E-state index contributed by atoms with van der Waals surface area (Å²) < 4.78 is 44.5. The number of halogens is 4. The Bertz CT molecular complexity index is 1030. The van der Waals surface area contributed by atoms with Crippen LogP contribution in [0.4, 0.5) is 13.2 Å². The summed E-state index contributed by atoms with van der Waals surface area (Å²) in [6.45, 7) is 0.769. The van der Waals surface area contributed by atoms with Crippen molar-refractivity contribution in [3.63, 3.8) is 0 Å². The van der Waals surface area contributed by atoms with Crippen LogP contribution in [0.3, 0.4) is 0 Å². The molecule has 0 spiro atoms. The molecule has 1 aliphatic rings. The van der Waals surface area contributed by atoms with Crippen molar-refractivity contribution in [1.29, 1.82) is 0 Å². The summed E-state index contributed by atoms with van der Waals surface area (Å²) in [5.74, 6) is 0.0599. The monoisotopic (exact) mass is 452 g/mol. The fraction of sp³-hybridized carbons (Fsp3) is 0.222. The average molecular weight is 453 g/mol. The van der Waals surface area contributed by atoms with Crippen LogP contribution in [0.5, 0.6) is 0 Å². The molecular formula is C18H12BrF3N4O2. The Morgan fingerprint density at radius 2 is 2.00 bits per heavy atom. The summed E-state index contributed by atoms with van der Waals surface area (Å²) in [5.41, 5.74) is -0.0975. The first-order valence-electron chi connectivity index (χ1n) is 8.22. The molecule has 0 unspecified atom stereocenters. The van der Waals surface area contributed by atoms with Gasteiger partial charge in [-0.15, -0.1) is 0 Å². The molecule has 4 rings (SSSR count). The molecule has 0 aliphatic carbocycles. The molecule has 0 N–H and O–H groups in total. The third-order valence-electron chi connectivity index (χ3n) is 4.36. The van der Waals surface area contributed by atoms with E-state index in [2.05, 4.69) is 31.1 Å². The summed E-state index contributed by atoms with van der Waals surface area (Å²) in [6.07, 6.45) is -1.37. The highest BCUT2D eigenvalue weighted by Gasteiger charge is 2.36. The molecule has 2 aromatic heterocycles. The smallest absolute Gasteiger partial charge is 0.339 e. The highest BCUT2D eigenvalue weighted by Crippen LogP contribution is 2.33. The third-order valence-corrected chi connectivity index (χ3v) is 4.79. The van der Waals surface area contributed by atoms with Gasteiger partial charge in [0.25, 0.3) is 5.91 Å². The van der Waals surface area contributed by atoms with Crippen molar-refractivity contribution in [2.45, 2.75) is 12.1 Å². The number of pyridine rings is 1. The first-order valence-corrected chi connectivity index (χ1v) is 9.01. The van der Waals surface area contributed by atoms with Crippen LogP contribution in [0.2, 0.25) is 0 Å². The quantitative estimate of drug-likeness (QED) is 0.596. The van der Waals surface area contributed by atoms with Gasteiger partial charge in [0.1, 0.15) is 0 Å². The molecule has 1 saturated heterocycles. The van der Waals surface area contributed by atoms with Gasteiger partial charge in [-0.2, -0.15) is 18.2 Å². The number of carbonyl (C=O) groups is 1. The molecule has 6 nitrogen and oxygen atoms in total. The van der Waals surface area contributed by atoms with Crippen LogP contribution >= 0.6 is 15.9 Å². The Balaban J connectivity index is 1.45. The first-order chi connectivity index (χ1) is 13.3. The number of hydrogen-bond acceptors (Lipinski definition) is 5. The van der Waals surface area contributed by atoms with Gasteiger partial charge in [-0.3, -0.25) is 9.78 Å². The zero-order chi connectivity index (χ0) is 19.9. The normalized spacial score (nSPS) is 14.8. The van der Waals surface area contributed by atoms with Crippen LogP contribution in [0.1, 0.15) is 27.7 Å². The van der Waals surface area contributed by atoms with Gasteiger partial charge >= 0.3 is 6.18 Å². The van der Waals surface area contributed by atoms with Gasteiger partial charge in [-0.25, -0.2) is 0 Å². The van der Waals surface area contributed by atoms with Crippen LogP contribution in [0.15, 0.2) is 51.7 Å². The zero-order valence-electron chi connectivity index (χ0n) is 14.2. The number of nitrogens with zero attached hydrogens (tertiary/aromatic N) is 4. The van der Waals surface area contributed by atoms with Crippen molar-refractivity contribution in [3.8, 4) is 11.4 Å². The first kappa shape index (κ1) is 18.6. The fourth-order valence-corrected chi connectivity index (χ4v) is 3.23. The Morgan fingerprint density at radius 3 is 2.71 bits per heavy atom. The maximum Gasteiger partial charge on any atom is 0.416 e. The van der Waals surface area contributed by atoms with Crippen LogP contribution in [-0.4, -0.2) is 39.0 Å². The summed E-state index contributed by atoms with van der Waals surface area (Å²) >= 11 is 3.27. The number of likely N-dealkylation sites (tertiary alicyclic amines) is 1. The molecule has 1 amide bonds. The number of hydrogen-bond donors (Lipinski definition) is 0. The zero-order valence-corrected chi connectivity index (χ0v) is 15.7. The van der Waals surface area contributed by atoms with E-state index in [-0.39, 0.29) is 23.2 Å². The largest absolute Gasteiger partial charge is 0.416 e. The minimum Gasteiger partial charge on any atom is -0.339 e. The molecule has 1 fully saturated rings. The molecule has 3 heterocycles. The molecule has 10 heteroatoms. The maximum absolute atomic E-state index is 12.9. The minimum absolute atomic E-state index is 0.0852. The van der Waals surface area contributed by atoms with Gasteiger partial charge in [-0.1, -0.05) is 17.3 Å². The van der Waals surface area contributed by atoms with Gasteiger partial charge in [0, 0.05) is 35.5 Å². The standard InChI is InChI=1S/C18H12BrF3N4O2/c19-14-5-11(6-23-7-14)17(27)26-8-12(9-26)16-24-15(25-28-16)10-2-1-3-13(4-10)18(20,21)22/h1-7,12H,8-9H2. The summed E-state index contributed by atoms with van der Waals surface area (Å²) in [5, 5.41) is 3.78. The summed E-state index contributed by atoms with van der Waals surface area (Å²) in [4.78, 5) is 22.2. The molecule has 0 saturated carbocycles. The highest BCUT2D eigenvalue weighted by molar-refractivity contribution is 9.10. The Hall–Kier alpha value is -2.75. The Morgan fingerprint density at radius 1 is 1.21 bits per heavy atom. The van der Waals surface area contributed by atoms with E-state index in [1.54, 1.807) is 17.2 Å². The van der Waals surface area contributed by atoms with Gasteiger partial charge in [-0.05, 0) is 34.1 Å². The second kappa shape index (κ2) is 7.01. The lowest BCUT2D eigenvalue weighted by Crippen LogP contribution is -2.48. The number of benzene rings is 1. The Labute approximate surface area is 165 Å². The van der Waals surface area contributed by atoms with E-state index in [0.717, 1.165) is 12.1 Å². The number of aromatic nitrogens is 3. The van der Waals surface area contributed by atoms with Gasteiger partial charge in [0.15, 0.2) is 0 Å². The van der Waals surface area contributed by atoms with Crippen LogP contribution < -0.4 is 0 Å². The molecule has 1 aliphatic heterocycles. The minimum atomic E-state index is -4.45. The lowest BCUT2D eigenvalue weighted by Gasteiger charge is -2.37. The van der Waals surface area contributed by atoms with E-state index in [0.29, 0.717) is 29.0 Å². The van der Waals surface area contributed by atoms with E-state index >= 15 is 0 Å².